The highest BCUT2D eigenvalue weighted by atomic mass is 16.6. The summed E-state index contributed by atoms with van der Waals surface area (Å²) in [5.41, 5.74) is 0. The van der Waals surface area contributed by atoms with Crippen LogP contribution in [0.4, 0.5) is 0 Å². The van der Waals surface area contributed by atoms with Gasteiger partial charge in [-0.3, -0.25) is 14.4 Å². The lowest BCUT2D eigenvalue weighted by Crippen LogP contribution is -2.30. The van der Waals surface area contributed by atoms with Crippen molar-refractivity contribution in [3.63, 3.8) is 0 Å². The molecule has 6 heteroatoms. The zero-order valence-electron chi connectivity index (χ0n) is 38.6. The van der Waals surface area contributed by atoms with Crippen LogP contribution >= 0.6 is 0 Å². The fourth-order valence-electron chi connectivity index (χ4n) is 7.06. The Balaban J connectivity index is 4.39. The summed E-state index contributed by atoms with van der Waals surface area (Å²) in [4.78, 5) is 37.8. The molecule has 1 atom stereocenters. The van der Waals surface area contributed by atoms with Gasteiger partial charge in [-0.2, -0.15) is 0 Å². The number of rotatable bonds is 45. The zero-order valence-corrected chi connectivity index (χ0v) is 38.6. The van der Waals surface area contributed by atoms with E-state index in [0.717, 1.165) is 57.8 Å². The molecule has 0 radical (unpaired) electrons. The van der Waals surface area contributed by atoms with E-state index in [9.17, 15) is 14.4 Å². The number of carbonyl (C=O) groups excluding carboxylic acids is 3. The number of esters is 3. The summed E-state index contributed by atoms with van der Waals surface area (Å²) in [5.74, 6) is -0.966. The summed E-state index contributed by atoms with van der Waals surface area (Å²) in [7, 11) is 0. The van der Waals surface area contributed by atoms with Crippen molar-refractivity contribution in [1.29, 1.82) is 0 Å². The van der Waals surface area contributed by atoms with Gasteiger partial charge in [0.1, 0.15) is 13.2 Å². The van der Waals surface area contributed by atoms with Crippen LogP contribution in [0.1, 0.15) is 258 Å². The average Bonchev–Trinajstić information content (AvgIpc) is 3.22. The van der Waals surface area contributed by atoms with Crippen molar-refractivity contribution in [3.05, 3.63) is 36.5 Å². The maximum atomic E-state index is 12.7. The molecule has 0 aromatic heterocycles. The highest BCUT2D eigenvalue weighted by Crippen LogP contribution is 2.15. The van der Waals surface area contributed by atoms with E-state index in [1.165, 1.54) is 154 Å². The van der Waals surface area contributed by atoms with Gasteiger partial charge in [0.15, 0.2) is 6.10 Å². The van der Waals surface area contributed by atoms with Crippen LogP contribution in [0.5, 0.6) is 0 Å². The van der Waals surface area contributed by atoms with Gasteiger partial charge in [0.2, 0.25) is 0 Å². The van der Waals surface area contributed by atoms with E-state index >= 15 is 0 Å². The van der Waals surface area contributed by atoms with Crippen molar-refractivity contribution < 1.29 is 28.6 Å². The molecule has 58 heavy (non-hydrogen) atoms. The van der Waals surface area contributed by atoms with Crippen molar-refractivity contribution in [2.24, 2.45) is 0 Å². The molecule has 0 bridgehead atoms. The van der Waals surface area contributed by atoms with Gasteiger partial charge in [-0.15, -0.1) is 0 Å². The number of allylic oxidation sites excluding steroid dienone is 6. The fraction of sp³-hybridized carbons (Fsp3) is 0.827. The second-order valence-corrected chi connectivity index (χ2v) is 16.7. The van der Waals surface area contributed by atoms with Gasteiger partial charge in [-0.05, 0) is 57.8 Å². The van der Waals surface area contributed by atoms with Gasteiger partial charge in [0, 0.05) is 19.3 Å². The van der Waals surface area contributed by atoms with Crippen molar-refractivity contribution in [2.75, 3.05) is 13.2 Å². The standard InChI is InChI=1S/C52H94O6/c1-4-7-10-13-16-19-22-24-25-26-28-30-33-36-39-42-45-51(54)57-48-49(47-56-50(53)44-41-38-35-32-29-21-18-15-12-9-6-3)58-52(55)46-43-40-37-34-31-27-23-20-17-14-11-8-5-2/h15,18,27,31,37,40,49H,4-14,16-17,19-26,28-30,32-36,38-39,41-48H2,1-3H3/b18-15-,31-27-,40-37-. The maximum Gasteiger partial charge on any atom is 0.306 e. The van der Waals surface area contributed by atoms with Crippen LogP contribution in [0, 0.1) is 0 Å². The van der Waals surface area contributed by atoms with Crippen LogP contribution in [-0.4, -0.2) is 37.2 Å². The molecule has 0 aliphatic heterocycles. The Morgan fingerprint density at radius 2 is 0.672 bits per heavy atom. The average molecular weight is 815 g/mol. The molecule has 338 valence electrons. The second-order valence-electron chi connectivity index (χ2n) is 16.7. The molecule has 0 aromatic carbocycles. The molecule has 0 rings (SSSR count). The van der Waals surface area contributed by atoms with E-state index < -0.39 is 6.10 Å². The maximum absolute atomic E-state index is 12.7. The predicted octanol–water partition coefficient (Wildman–Crippen LogP) is 16.1. The van der Waals surface area contributed by atoms with Gasteiger partial charge in [0.05, 0.1) is 0 Å². The molecule has 0 saturated heterocycles. The molecule has 0 amide bonds. The summed E-state index contributed by atoms with van der Waals surface area (Å²) < 4.78 is 16.7. The highest BCUT2D eigenvalue weighted by Gasteiger charge is 2.19. The topological polar surface area (TPSA) is 78.9 Å². The Bertz CT molecular complexity index is 984. The lowest BCUT2D eigenvalue weighted by Gasteiger charge is -2.18. The Morgan fingerprint density at radius 3 is 1.09 bits per heavy atom. The Morgan fingerprint density at radius 1 is 0.345 bits per heavy atom. The Hall–Kier alpha value is -2.37. The largest absolute Gasteiger partial charge is 0.462 e. The van der Waals surface area contributed by atoms with Gasteiger partial charge in [-0.25, -0.2) is 0 Å². The van der Waals surface area contributed by atoms with E-state index in [0.29, 0.717) is 19.3 Å². The first-order valence-corrected chi connectivity index (χ1v) is 25.0. The van der Waals surface area contributed by atoms with E-state index in [4.69, 9.17) is 14.2 Å². The molecule has 0 aromatic rings. The lowest BCUT2D eigenvalue weighted by atomic mass is 10.0. The smallest absolute Gasteiger partial charge is 0.306 e. The molecule has 1 unspecified atom stereocenters. The zero-order chi connectivity index (χ0) is 42.3. The van der Waals surface area contributed by atoms with Gasteiger partial charge >= 0.3 is 17.9 Å². The summed E-state index contributed by atoms with van der Waals surface area (Å²) >= 11 is 0. The van der Waals surface area contributed by atoms with Gasteiger partial charge in [0.25, 0.3) is 0 Å². The summed E-state index contributed by atoms with van der Waals surface area (Å²) in [6.45, 7) is 6.55. The number of hydrogen-bond acceptors (Lipinski definition) is 6. The second kappa shape index (κ2) is 47.3. The van der Waals surface area contributed by atoms with Crippen molar-refractivity contribution in [3.8, 4) is 0 Å². The van der Waals surface area contributed by atoms with Crippen LogP contribution < -0.4 is 0 Å². The van der Waals surface area contributed by atoms with Crippen LogP contribution in [0.25, 0.3) is 0 Å². The molecular weight excluding hydrogens is 721 g/mol. The molecule has 0 saturated carbocycles. The van der Waals surface area contributed by atoms with E-state index in [2.05, 4.69) is 51.2 Å². The lowest BCUT2D eigenvalue weighted by molar-refractivity contribution is -0.166. The Labute approximate surface area is 359 Å². The van der Waals surface area contributed by atoms with E-state index in [1.54, 1.807) is 0 Å². The molecule has 0 aliphatic rings. The van der Waals surface area contributed by atoms with Gasteiger partial charge < -0.3 is 14.2 Å². The van der Waals surface area contributed by atoms with E-state index in [1.807, 2.05) is 6.08 Å². The van der Waals surface area contributed by atoms with Crippen LogP contribution in [-0.2, 0) is 28.6 Å². The summed E-state index contributed by atoms with van der Waals surface area (Å²) in [5, 5.41) is 0. The molecule has 0 N–H and O–H groups in total. The highest BCUT2D eigenvalue weighted by molar-refractivity contribution is 5.71. The molecule has 0 heterocycles. The Kier molecular flexibility index (Phi) is 45.4. The van der Waals surface area contributed by atoms with Crippen molar-refractivity contribution in [2.45, 2.75) is 264 Å². The molecule has 0 spiro atoms. The third-order valence-electron chi connectivity index (χ3n) is 10.9. The molecule has 0 aliphatic carbocycles. The number of carbonyl (C=O) groups is 3. The molecule has 0 fully saturated rings. The third-order valence-corrected chi connectivity index (χ3v) is 10.9. The minimum Gasteiger partial charge on any atom is -0.462 e. The van der Waals surface area contributed by atoms with Crippen LogP contribution in [0.15, 0.2) is 36.5 Å². The van der Waals surface area contributed by atoms with Gasteiger partial charge in [-0.1, -0.05) is 218 Å². The SMILES string of the molecule is CCCC/C=C\CCCCCCCC(=O)OCC(COC(=O)CCCCCCCCCCCCCCCCCC)OC(=O)CC/C=C\C/C=C\CCCCCCCC. The van der Waals surface area contributed by atoms with Crippen LogP contribution in [0.2, 0.25) is 0 Å². The van der Waals surface area contributed by atoms with Crippen molar-refractivity contribution in [1.82, 2.24) is 0 Å². The molecule has 6 nitrogen and oxygen atoms in total. The number of unbranched alkanes of at least 4 members (excludes halogenated alkanes) is 28. The van der Waals surface area contributed by atoms with Crippen LogP contribution in [0.3, 0.4) is 0 Å². The fourth-order valence-corrected chi connectivity index (χ4v) is 7.06. The number of ether oxygens (including phenoxy) is 3. The molecular formula is C52H94O6. The third kappa shape index (κ3) is 44.7. The summed E-state index contributed by atoms with van der Waals surface area (Å²) in [6, 6.07) is 0. The minimum absolute atomic E-state index is 0.0944. The first-order chi connectivity index (χ1) is 28.5. The normalized spacial score (nSPS) is 12.3. The quantitative estimate of drug-likeness (QED) is 0.0264. The first kappa shape index (κ1) is 55.6. The van der Waals surface area contributed by atoms with Crippen molar-refractivity contribution >= 4 is 17.9 Å². The first-order valence-electron chi connectivity index (χ1n) is 25.0. The number of hydrogen-bond donors (Lipinski definition) is 0. The van der Waals surface area contributed by atoms with E-state index in [-0.39, 0.29) is 37.5 Å². The summed E-state index contributed by atoms with van der Waals surface area (Å²) in [6.07, 6.45) is 54.3. The monoisotopic (exact) mass is 815 g/mol. The predicted molar refractivity (Wildman–Crippen MR) is 247 cm³/mol. The minimum atomic E-state index is -0.800.